The zero-order valence-corrected chi connectivity index (χ0v) is 20.7. The standard InChI is InChI=1S/C6H13O9P.C4H9O7P.C2H5O5P/c7-1-3(8)5(10)6(11)4(9)2-15-16(12,13)14;5-1-3(6)4(7)2-11-12(8,9)10;1-2(3)7-8(4,5)6/h4-7,9-11H,1-2H2,(H2,12,13,14);1,3-4,6-7H,2H2,(H2,8,9,10);1H3,(H2,4,5,6). The van der Waals surface area contributed by atoms with Crippen molar-refractivity contribution in [2.45, 2.75) is 37.4 Å². The molecule has 5 unspecified atom stereocenters. The summed E-state index contributed by atoms with van der Waals surface area (Å²) in [6.45, 7) is -1.89. The average Bonchev–Trinajstić information content (AvgIpc) is 2.71. The minimum atomic E-state index is -4.81. The van der Waals surface area contributed by atoms with Crippen molar-refractivity contribution in [1.29, 1.82) is 0 Å². The van der Waals surface area contributed by atoms with E-state index < -0.39 is 85.6 Å². The Kier molecular flexibility index (Phi) is 20.0. The third kappa shape index (κ3) is 26.0. The maximum atomic E-state index is 10.7. The molecule has 21 nitrogen and oxygen atoms in total. The molecule has 36 heavy (non-hydrogen) atoms. The van der Waals surface area contributed by atoms with Crippen molar-refractivity contribution in [3.05, 3.63) is 0 Å². The highest BCUT2D eigenvalue weighted by atomic mass is 31.2. The maximum Gasteiger partial charge on any atom is 0.526 e. The van der Waals surface area contributed by atoms with Crippen LogP contribution in [0.3, 0.4) is 0 Å². The number of hydrogen-bond donors (Lipinski definition) is 12. The predicted molar refractivity (Wildman–Crippen MR) is 108 cm³/mol. The molecule has 0 saturated heterocycles. The predicted octanol–water partition coefficient (Wildman–Crippen LogP) is -5.60. The Morgan fingerprint density at radius 2 is 1.17 bits per heavy atom. The van der Waals surface area contributed by atoms with Gasteiger partial charge in [-0.1, -0.05) is 0 Å². The molecule has 0 aliphatic heterocycles. The van der Waals surface area contributed by atoms with Crippen LogP contribution in [0.2, 0.25) is 0 Å². The summed E-state index contributed by atoms with van der Waals surface area (Å²) < 4.78 is 41.1. The summed E-state index contributed by atoms with van der Waals surface area (Å²) in [5.74, 6) is -2.12. The van der Waals surface area contributed by atoms with Crippen LogP contribution < -0.4 is 0 Å². The van der Waals surface area contributed by atoms with Crippen molar-refractivity contribution < 1.29 is 102 Å². The Bertz CT molecular complexity index is 798. The topological polar surface area (TPSA) is 373 Å². The number of aliphatic hydroxyl groups excluding tert-OH is 6. The molecule has 0 aromatic carbocycles. The molecule has 0 aliphatic rings. The van der Waals surface area contributed by atoms with E-state index in [0.29, 0.717) is 0 Å². The number of phosphoric ester groups is 3. The second-order valence-electron chi connectivity index (χ2n) is 5.97. The Labute approximate surface area is 201 Å². The molecule has 0 spiro atoms. The summed E-state index contributed by atoms with van der Waals surface area (Å²) in [5, 5.41) is 52.9. The number of aldehydes is 1. The van der Waals surface area contributed by atoms with Gasteiger partial charge in [0.15, 0.2) is 12.1 Å². The largest absolute Gasteiger partial charge is 0.526 e. The third-order valence-electron chi connectivity index (χ3n) is 2.81. The molecule has 0 aliphatic carbocycles. The molecular weight excluding hydrogens is 573 g/mol. The van der Waals surface area contributed by atoms with Crippen LogP contribution in [0.5, 0.6) is 0 Å². The number of carbonyl (C=O) groups excluding carboxylic acids is 3. The lowest BCUT2D eigenvalue weighted by molar-refractivity contribution is -0.142. The summed E-state index contributed by atoms with van der Waals surface area (Å²) in [6, 6.07) is 0. The summed E-state index contributed by atoms with van der Waals surface area (Å²) in [7, 11) is -14.0. The van der Waals surface area contributed by atoms with E-state index in [9.17, 15) is 28.1 Å². The van der Waals surface area contributed by atoms with E-state index in [1.807, 2.05) is 0 Å². The second-order valence-corrected chi connectivity index (χ2v) is 9.61. The van der Waals surface area contributed by atoms with Gasteiger partial charge in [0.25, 0.3) is 0 Å². The number of carbonyl (C=O) groups is 3. The van der Waals surface area contributed by atoms with Gasteiger partial charge in [0.2, 0.25) is 0 Å². The highest BCUT2D eigenvalue weighted by Gasteiger charge is 2.31. The van der Waals surface area contributed by atoms with Gasteiger partial charge in [0.05, 0.1) is 13.2 Å². The fraction of sp³-hybridized carbons (Fsp3) is 0.750. The lowest BCUT2D eigenvalue weighted by atomic mass is 10.1. The maximum absolute atomic E-state index is 10.7. The van der Waals surface area contributed by atoms with Crippen LogP contribution in [-0.4, -0.2) is 128 Å². The molecule has 12 N–H and O–H groups in total. The molecule has 5 atom stereocenters. The van der Waals surface area contributed by atoms with E-state index in [0.717, 1.165) is 6.92 Å². The van der Waals surface area contributed by atoms with Crippen molar-refractivity contribution in [3.8, 4) is 0 Å². The van der Waals surface area contributed by atoms with Gasteiger partial charge in [0, 0.05) is 6.92 Å². The van der Waals surface area contributed by atoms with Crippen LogP contribution in [0.1, 0.15) is 6.92 Å². The zero-order chi connectivity index (χ0) is 29.5. The number of ketones is 1. The Morgan fingerprint density at radius 3 is 1.42 bits per heavy atom. The Balaban J connectivity index is -0.000000481. The quantitative estimate of drug-likeness (QED) is 0.0692. The Morgan fingerprint density at radius 1 is 0.778 bits per heavy atom. The molecule has 0 aromatic heterocycles. The molecule has 0 rings (SSSR count). The fourth-order valence-corrected chi connectivity index (χ4v) is 2.33. The van der Waals surface area contributed by atoms with E-state index in [-0.39, 0.29) is 6.29 Å². The SMILES string of the molecule is CC(=O)OP(=O)(O)O.O=C(CO)C(O)C(O)C(O)COP(=O)(O)O.O=CC(O)C(O)COP(=O)(O)O. The van der Waals surface area contributed by atoms with Gasteiger partial charge < -0.3 is 59.5 Å². The molecule has 0 heterocycles. The summed E-state index contributed by atoms with van der Waals surface area (Å²) in [4.78, 5) is 78.8. The summed E-state index contributed by atoms with van der Waals surface area (Å²) in [5.41, 5.74) is 0. The van der Waals surface area contributed by atoms with Crippen LogP contribution in [0, 0.1) is 0 Å². The first-order chi connectivity index (χ1) is 16.0. The molecule has 0 amide bonds. The van der Waals surface area contributed by atoms with E-state index in [4.69, 9.17) is 60.0 Å². The van der Waals surface area contributed by atoms with Crippen LogP contribution in [-0.2, 0) is 41.6 Å². The highest BCUT2D eigenvalue weighted by molar-refractivity contribution is 7.47. The average molecular weight is 600 g/mol. The molecule has 0 saturated carbocycles. The Hall–Kier alpha value is -1.06. The van der Waals surface area contributed by atoms with E-state index in [1.165, 1.54) is 0 Å². The minimum absolute atomic E-state index is 0.0354. The number of hydrogen-bond acceptors (Lipinski definition) is 15. The fourth-order valence-electron chi connectivity index (χ4n) is 1.30. The highest BCUT2D eigenvalue weighted by Crippen LogP contribution is 2.36. The van der Waals surface area contributed by atoms with Gasteiger partial charge in [-0.15, -0.1) is 0 Å². The van der Waals surface area contributed by atoms with Crippen LogP contribution in [0.25, 0.3) is 0 Å². The van der Waals surface area contributed by atoms with E-state index in [1.54, 1.807) is 0 Å². The van der Waals surface area contributed by atoms with Crippen molar-refractivity contribution in [2.24, 2.45) is 0 Å². The number of rotatable bonds is 13. The lowest BCUT2D eigenvalue weighted by Gasteiger charge is -2.21. The van der Waals surface area contributed by atoms with Gasteiger partial charge in [-0.3, -0.25) is 28.4 Å². The van der Waals surface area contributed by atoms with E-state index in [2.05, 4.69) is 13.6 Å². The van der Waals surface area contributed by atoms with Crippen molar-refractivity contribution in [3.63, 3.8) is 0 Å². The number of aliphatic hydroxyl groups is 6. The van der Waals surface area contributed by atoms with Gasteiger partial charge in [-0.05, 0) is 0 Å². The first-order valence-electron chi connectivity index (χ1n) is 8.62. The molecule has 24 heteroatoms. The molecule has 0 aromatic rings. The summed E-state index contributed by atoms with van der Waals surface area (Å²) in [6.07, 6.45) is -9.23. The van der Waals surface area contributed by atoms with Crippen LogP contribution in [0.4, 0.5) is 0 Å². The molecule has 0 fully saturated rings. The normalized spacial score (nSPS) is 16.0. The molecule has 0 radical (unpaired) electrons. The van der Waals surface area contributed by atoms with Gasteiger partial charge >= 0.3 is 29.4 Å². The number of Topliss-reactive ketones (excluding diaryl/α,β-unsaturated/α-hetero) is 1. The monoisotopic (exact) mass is 600 g/mol. The van der Waals surface area contributed by atoms with Crippen molar-refractivity contribution in [2.75, 3.05) is 19.8 Å². The smallest absolute Gasteiger partial charge is 0.388 e. The molecule has 0 bridgehead atoms. The van der Waals surface area contributed by atoms with Gasteiger partial charge in [-0.2, -0.15) is 0 Å². The molecular formula is C12H27O21P3. The van der Waals surface area contributed by atoms with Crippen LogP contribution >= 0.6 is 23.5 Å². The molecule has 216 valence electrons. The van der Waals surface area contributed by atoms with E-state index >= 15 is 0 Å². The first-order valence-corrected chi connectivity index (χ1v) is 13.2. The van der Waals surface area contributed by atoms with Crippen molar-refractivity contribution in [1.82, 2.24) is 0 Å². The van der Waals surface area contributed by atoms with Gasteiger partial charge in [-0.25, -0.2) is 13.7 Å². The van der Waals surface area contributed by atoms with Gasteiger partial charge in [0.1, 0.15) is 37.1 Å². The lowest BCUT2D eigenvalue weighted by Crippen LogP contribution is -2.45. The van der Waals surface area contributed by atoms with Crippen molar-refractivity contribution >= 4 is 41.5 Å². The zero-order valence-electron chi connectivity index (χ0n) is 18.0. The minimum Gasteiger partial charge on any atom is -0.388 e. The number of phosphoric acid groups is 3. The summed E-state index contributed by atoms with van der Waals surface area (Å²) >= 11 is 0. The second kappa shape index (κ2) is 18.2. The first kappa shape index (κ1) is 39.5. The van der Waals surface area contributed by atoms with Crippen LogP contribution in [0.15, 0.2) is 0 Å². The third-order valence-corrected chi connectivity index (χ3v) is 4.28.